The van der Waals surface area contributed by atoms with Crippen molar-refractivity contribution in [2.45, 2.75) is 5.41 Å². The van der Waals surface area contributed by atoms with Gasteiger partial charge in [0.05, 0.1) is 5.41 Å². The molecule has 0 aromatic heterocycles. The van der Waals surface area contributed by atoms with Gasteiger partial charge in [-0.1, -0.05) is 218 Å². The van der Waals surface area contributed by atoms with Gasteiger partial charge in [-0.15, -0.1) is 0 Å². The second-order valence-electron chi connectivity index (χ2n) is 18.6. The highest BCUT2D eigenvalue weighted by molar-refractivity contribution is 6.24. The van der Waals surface area contributed by atoms with E-state index in [1.165, 1.54) is 143 Å². The third-order valence-electron chi connectivity index (χ3n) is 15.4. The van der Waals surface area contributed by atoms with Crippen LogP contribution in [0.3, 0.4) is 0 Å². The van der Waals surface area contributed by atoms with Gasteiger partial charge in [0, 0.05) is 0 Å². The SMILES string of the molecule is c1cc(-c2ccc3cc4c(cc3c2)C2(c3ccccc3-c3ccccc32)c2c-4c3ccccc3c3ccccc23)cc(-c2c3ccccc3c(-c3cccc4ccccc34)c3ccccc23)c1. The first-order valence-corrected chi connectivity index (χ1v) is 23.5. The lowest BCUT2D eigenvalue weighted by molar-refractivity contribution is 0.803. The maximum atomic E-state index is 2.55. The summed E-state index contributed by atoms with van der Waals surface area (Å²) < 4.78 is 0. The lowest BCUT2D eigenvalue weighted by atomic mass is 9.69. The summed E-state index contributed by atoms with van der Waals surface area (Å²) in [6, 6.07) is 91.4. The average molecular weight is 845 g/mol. The van der Waals surface area contributed by atoms with Gasteiger partial charge < -0.3 is 0 Å². The maximum Gasteiger partial charge on any atom is 0.0731 e. The first-order chi connectivity index (χ1) is 33.3. The Morgan fingerprint density at radius 3 is 1.37 bits per heavy atom. The number of benzene rings is 13. The van der Waals surface area contributed by atoms with Crippen molar-refractivity contribution in [2.24, 2.45) is 0 Å². The Labute approximate surface area is 388 Å². The van der Waals surface area contributed by atoms with Crippen molar-refractivity contribution in [3.05, 3.63) is 265 Å². The van der Waals surface area contributed by atoms with Crippen LogP contribution in [-0.4, -0.2) is 0 Å². The first-order valence-electron chi connectivity index (χ1n) is 23.5. The van der Waals surface area contributed by atoms with Gasteiger partial charge in [0.15, 0.2) is 0 Å². The third-order valence-corrected chi connectivity index (χ3v) is 15.4. The van der Waals surface area contributed by atoms with Crippen LogP contribution in [0.4, 0.5) is 0 Å². The second-order valence-corrected chi connectivity index (χ2v) is 18.6. The van der Waals surface area contributed by atoms with E-state index in [0.717, 1.165) is 0 Å². The van der Waals surface area contributed by atoms with Gasteiger partial charge in [0.25, 0.3) is 0 Å². The predicted octanol–water partition coefficient (Wildman–Crippen LogP) is 18.0. The molecule has 1 spiro atoms. The van der Waals surface area contributed by atoms with E-state index in [2.05, 4.69) is 243 Å². The smallest absolute Gasteiger partial charge is 0.0619 e. The lowest BCUT2D eigenvalue weighted by Gasteiger charge is -2.32. The second kappa shape index (κ2) is 13.7. The molecule has 13 aromatic carbocycles. The fourth-order valence-electron chi connectivity index (χ4n) is 12.8. The molecule has 2 aliphatic carbocycles. The highest BCUT2D eigenvalue weighted by Gasteiger charge is 2.53. The molecule has 0 amide bonds. The zero-order valence-electron chi connectivity index (χ0n) is 36.6. The molecule has 15 rings (SSSR count). The van der Waals surface area contributed by atoms with Crippen LogP contribution in [0.2, 0.25) is 0 Å². The van der Waals surface area contributed by atoms with E-state index < -0.39 is 5.41 Å². The van der Waals surface area contributed by atoms with Crippen molar-refractivity contribution in [1.29, 1.82) is 0 Å². The fourth-order valence-corrected chi connectivity index (χ4v) is 12.8. The minimum absolute atomic E-state index is 0.480. The largest absolute Gasteiger partial charge is 0.0731 e. The minimum Gasteiger partial charge on any atom is -0.0619 e. The van der Waals surface area contributed by atoms with Crippen molar-refractivity contribution in [2.75, 3.05) is 0 Å². The topological polar surface area (TPSA) is 0 Å². The standard InChI is InChI=1S/C67H40/c1-2-21-47-41(17-1)18-16-32-52(47)64-56-29-8-6-27-54(56)63(55-28-7-9-30-57(55)64)45-20-15-19-42(37-45)43-35-36-44-39-59-62(40-46(44)38-43)67(60-33-13-11-24-50(60)51-25-12-14-34-61(51)67)66-58-31-10-4-23-49(58)48-22-3-5-26-53(48)65(59)66/h1-40H. The lowest BCUT2D eigenvalue weighted by Crippen LogP contribution is -2.26. The number of rotatable bonds is 3. The molecular formula is C67H40. The zero-order valence-corrected chi connectivity index (χ0v) is 36.6. The molecule has 0 heteroatoms. The average Bonchev–Trinajstić information content (AvgIpc) is 3.86. The summed E-state index contributed by atoms with van der Waals surface area (Å²) in [7, 11) is 0. The third kappa shape index (κ3) is 4.92. The Kier molecular flexibility index (Phi) is 7.52. The summed E-state index contributed by atoms with van der Waals surface area (Å²) in [6.45, 7) is 0. The molecule has 2 aliphatic rings. The molecule has 0 radical (unpaired) electrons. The highest BCUT2D eigenvalue weighted by atomic mass is 14.5. The molecule has 0 bridgehead atoms. The Balaban J connectivity index is 0.960. The van der Waals surface area contributed by atoms with Gasteiger partial charge in [0.2, 0.25) is 0 Å². The van der Waals surface area contributed by atoms with Crippen molar-refractivity contribution in [3.8, 4) is 55.6 Å². The van der Waals surface area contributed by atoms with Gasteiger partial charge >= 0.3 is 0 Å². The van der Waals surface area contributed by atoms with E-state index in [1.807, 2.05) is 0 Å². The molecule has 0 fully saturated rings. The number of hydrogen-bond donors (Lipinski definition) is 0. The van der Waals surface area contributed by atoms with Crippen LogP contribution < -0.4 is 0 Å². The molecule has 13 aromatic rings. The fraction of sp³-hybridized carbons (Fsp3) is 0.0149. The van der Waals surface area contributed by atoms with Crippen LogP contribution in [0, 0.1) is 0 Å². The summed E-state index contributed by atoms with van der Waals surface area (Å²) in [5.74, 6) is 0. The molecule has 0 saturated carbocycles. The Bertz CT molecular complexity index is 4170. The van der Waals surface area contributed by atoms with E-state index in [1.54, 1.807) is 0 Å². The molecule has 0 heterocycles. The summed E-state index contributed by atoms with van der Waals surface area (Å²) >= 11 is 0. The summed E-state index contributed by atoms with van der Waals surface area (Å²) in [6.07, 6.45) is 0. The Morgan fingerprint density at radius 1 is 0.209 bits per heavy atom. The Hall–Kier alpha value is -8.58. The summed E-state index contributed by atoms with van der Waals surface area (Å²) in [5, 5.41) is 15.3. The van der Waals surface area contributed by atoms with Gasteiger partial charge in [-0.05, 0) is 167 Å². The van der Waals surface area contributed by atoms with Crippen LogP contribution in [0.25, 0.3) is 120 Å². The van der Waals surface area contributed by atoms with Crippen LogP contribution in [0.15, 0.2) is 243 Å². The molecule has 0 atom stereocenters. The van der Waals surface area contributed by atoms with E-state index >= 15 is 0 Å². The van der Waals surface area contributed by atoms with Crippen molar-refractivity contribution in [1.82, 2.24) is 0 Å². The first kappa shape index (κ1) is 36.7. The molecule has 0 saturated heterocycles. The molecule has 0 N–H and O–H groups in total. The van der Waals surface area contributed by atoms with Gasteiger partial charge in [-0.25, -0.2) is 0 Å². The minimum atomic E-state index is -0.480. The van der Waals surface area contributed by atoms with E-state index in [9.17, 15) is 0 Å². The molecule has 0 nitrogen and oxygen atoms in total. The molecule has 0 aliphatic heterocycles. The Morgan fingerprint density at radius 2 is 0.687 bits per heavy atom. The molecule has 308 valence electrons. The van der Waals surface area contributed by atoms with E-state index in [0.29, 0.717) is 0 Å². The van der Waals surface area contributed by atoms with Crippen molar-refractivity contribution < 1.29 is 0 Å². The van der Waals surface area contributed by atoms with Gasteiger partial charge in [0.1, 0.15) is 0 Å². The molecular weight excluding hydrogens is 805 g/mol. The van der Waals surface area contributed by atoms with Crippen molar-refractivity contribution >= 4 is 64.6 Å². The number of fused-ring (bicyclic) bond motifs is 19. The van der Waals surface area contributed by atoms with Crippen LogP contribution >= 0.6 is 0 Å². The maximum absolute atomic E-state index is 2.55. The summed E-state index contributed by atoms with van der Waals surface area (Å²) in [4.78, 5) is 0. The molecule has 0 unspecified atom stereocenters. The molecule has 67 heavy (non-hydrogen) atoms. The summed E-state index contributed by atoms with van der Waals surface area (Å²) in [5.41, 5.74) is 17.8. The highest BCUT2D eigenvalue weighted by Crippen LogP contribution is 2.66. The predicted molar refractivity (Wildman–Crippen MR) is 284 cm³/mol. The monoisotopic (exact) mass is 844 g/mol. The van der Waals surface area contributed by atoms with Crippen LogP contribution in [0.1, 0.15) is 22.3 Å². The zero-order chi connectivity index (χ0) is 43.8. The quantitative estimate of drug-likeness (QED) is 0.123. The van der Waals surface area contributed by atoms with Gasteiger partial charge in [-0.3, -0.25) is 0 Å². The van der Waals surface area contributed by atoms with Crippen molar-refractivity contribution in [3.63, 3.8) is 0 Å². The van der Waals surface area contributed by atoms with Crippen LogP contribution in [0.5, 0.6) is 0 Å². The van der Waals surface area contributed by atoms with Gasteiger partial charge in [-0.2, -0.15) is 0 Å². The normalized spacial score (nSPS) is 13.2. The van der Waals surface area contributed by atoms with E-state index in [4.69, 9.17) is 0 Å². The number of hydrogen-bond acceptors (Lipinski definition) is 0. The van der Waals surface area contributed by atoms with E-state index in [-0.39, 0.29) is 0 Å². The van der Waals surface area contributed by atoms with Crippen LogP contribution in [-0.2, 0) is 5.41 Å².